The van der Waals surface area contributed by atoms with Crippen molar-refractivity contribution < 1.29 is 9.49 Å². The number of nitrogens with one attached hydrogen (secondary N) is 3. The van der Waals surface area contributed by atoms with E-state index in [9.17, 15) is 14.7 Å². The molecule has 0 atom stereocenters. The maximum absolute atomic E-state index is 12.8. The average Bonchev–Trinajstić information content (AvgIpc) is 2.95. The summed E-state index contributed by atoms with van der Waals surface area (Å²) in [4.78, 5) is 22.7. The first kappa shape index (κ1) is 29.3. The Balaban J connectivity index is 1.31. The molecule has 12 heteroatoms. The molecule has 2 aliphatic rings. The Hall–Kier alpha value is -3.20. The van der Waals surface area contributed by atoms with E-state index in [1.807, 2.05) is 43.4 Å². The maximum atomic E-state index is 12.8. The summed E-state index contributed by atoms with van der Waals surface area (Å²) in [7, 11) is -0.518. The first-order chi connectivity index (χ1) is 19.6. The molecule has 41 heavy (non-hydrogen) atoms. The lowest BCUT2D eigenvalue weighted by Gasteiger charge is -2.46. The summed E-state index contributed by atoms with van der Waals surface area (Å²) >= 11 is 6.38. The van der Waals surface area contributed by atoms with Crippen molar-refractivity contribution in [1.29, 1.82) is 0 Å². The molecule has 0 radical (unpaired) electrons. The van der Waals surface area contributed by atoms with Crippen LogP contribution in [0.4, 0.5) is 34.5 Å². The van der Waals surface area contributed by atoms with Gasteiger partial charge >= 0.3 is 0 Å². The number of nitrogens with zero attached hydrogens (tertiary/aromatic N) is 4. The lowest BCUT2D eigenvalue weighted by molar-refractivity contribution is -0.384. The van der Waals surface area contributed by atoms with E-state index in [1.165, 1.54) is 37.9 Å². The number of nitro groups is 1. The second-order valence-electron chi connectivity index (χ2n) is 11.5. The van der Waals surface area contributed by atoms with Crippen molar-refractivity contribution in [2.75, 3.05) is 49.0 Å². The number of piperidine rings is 1. The van der Waals surface area contributed by atoms with Crippen molar-refractivity contribution in [2.24, 2.45) is 5.41 Å². The van der Waals surface area contributed by atoms with E-state index in [1.54, 1.807) is 13.3 Å². The largest absolute Gasteiger partial charge is 0.366 e. The number of benzene rings is 2. The predicted octanol–water partition coefficient (Wildman–Crippen LogP) is 6.52. The SMILES string of the molecule is CNC1CCC2(CC1)CCN(c1ccc(Nc3ncc(Cl)c(Nc4ccccc4P(C)(C)=O)n3)cc1[N+](=O)[O-])CC2. The van der Waals surface area contributed by atoms with Gasteiger partial charge in [0.1, 0.15) is 17.9 Å². The molecule has 10 nitrogen and oxygen atoms in total. The van der Waals surface area contributed by atoms with Crippen LogP contribution in [0, 0.1) is 15.5 Å². The monoisotopic (exact) mass is 597 g/mol. The van der Waals surface area contributed by atoms with Gasteiger partial charge in [0.05, 0.1) is 16.8 Å². The van der Waals surface area contributed by atoms with Gasteiger partial charge in [0.15, 0.2) is 5.82 Å². The van der Waals surface area contributed by atoms with Crippen LogP contribution in [0.25, 0.3) is 0 Å². The summed E-state index contributed by atoms with van der Waals surface area (Å²) in [5.41, 5.74) is 2.20. The van der Waals surface area contributed by atoms with Gasteiger partial charge in [0, 0.05) is 36.2 Å². The van der Waals surface area contributed by atoms with Gasteiger partial charge in [-0.05, 0) is 88.6 Å². The molecule has 3 aromatic rings. The van der Waals surface area contributed by atoms with Gasteiger partial charge in [0.25, 0.3) is 5.69 Å². The van der Waals surface area contributed by atoms with Crippen LogP contribution in [0.1, 0.15) is 38.5 Å². The lowest BCUT2D eigenvalue weighted by atomic mass is 9.67. The van der Waals surface area contributed by atoms with E-state index in [0.29, 0.717) is 39.6 Å². The van der Waals surface area contributed by atoms with E-state index in [2.05, 4.69) is 30.8 Å². The molecule has 1 aliphatic heterocycles. The summed E-state index contributed by atoms with van der Waals surface area (Å²) in [5.74, 6) is 0.562. The smallest absolute Gasteiger partial charge is 0.294 e. The molecule has 1 aromatic heterocycles. The van der Waals surface area contributed by atoms with Crippen LogP contribution in [-0.4, -0.2) is 54.4 Å². The second-order valence-corrected chi connectivity index (χ2v) is 15.1. The molecule has 2 aromatic carbocycles. The third kappa shape index (κ3) is 6.66. The molecule has 1 spiro atoms. The van der Waals surface area contributed by atoms with Crippen molar-refractivity contribution in [2.45, 2.75) is 44.6 Å². The molecule has 1 aliphatic carbocycles. The Morgan fingerprint density at radius 2 is 1.78 bits per heavy atom. The number of para-hydroxylation sites is 1. The van der Waals surface area contributed by atoms with Gasteiger partial charge < -0.3 is 25.4 Å². The van der Waals surface area contributed by atoms with Gasteiger partial charge in [-0.1, -0.05) is 23.7 Å². The van der Waals surface area contributed by atoms with Crippen LogP contribution in [0.3, 0.4) is 0 Å². The van der Waals surface area contributed by atoms with E-state index < -0.39 is 7.14 Å². The molecule has 0 amide bonds. The highest BCUT2D eigenvalue weighted by molar-refractivity contribution is 7.70. The summed E-state index contributed by atoms with van der Waals surface area (Å²) in [6.45, 7) is 5.04. The van der Waals surface area contributed by atoms with Gasteiger partial charge in [-0.25, -0.2) is 4.98 Å². The number of halogens is 1. The molecular weight excluding hydrogens is 561 g/mol. The molecule has 1 saturated heterocycles. The normalized spacial score (nSPS) is 17.4. The highest BCUT2D eigenvalue weighted by Gasteiger charge is 2.38. The van der Waals surface area contributed by atoms with Crippen LogP contribution < -0.4 is 26.2 Å². The Morgan fingerprint density at radius 1 is 1.07 bits per heavy atom. The molecule has 0 bridgehead atoms. The Bertz CT molecular complexity index is 1460. The number of aromatic nitrogens is 2. The molecule has 2 heterocycles. The summed E-state index contributed by atoms with van der Waals surface area (Å²) in [5, 5.41) is 22.7. The Kier molecular flexibility index (Phi) is 8.55. The minimum Gasteiger partial charge on any atom is -0.366 e. The maximum Gasteiger partial charge on any atom is 0.294 e. The zero-order valence-electron chi connectivity index (χ0n) is 23.7. The van der Waals surface area contributed by atoms with Crippen molar-refractivity contribution >= 4 is 58.6 Å². The fourth-order valence-corrected chi connectivity index (χ4v) is 7.37. The van der Waals surface area contributed by atoms with Gasteiger partial charge in [-0.15, -0.1) is 0 Å². The van der Waals surface area contributed by atoms with Crippen LogP contribution in [0.15, 0.2) is 48.7 Å². The molecule has 1 saturated carbocycles. The standard InChI is InChI=1S/C29H37ClN7O3P/c1-31-20-10-12-29(13-11-20)14-16-36(17-15-29)24-9-8-21(18-25(24)37(38)39)33-28-32-19-22(30)27(35-28)34-23-6-4-5-7-26(23)41(2,3)40/h4-9,18-20,31H,10-17H2,1-3H3,(H2,32,33,34,35). The number of hydrogen-bond donors (Lipinski definition) is 3. The molecule has 5 rings (SSSR count). The number of hydrogen-bond acceptors (Lipinski definition) is 9. The highest BCUT2D eigenvalue weighted by Crippen LogP contribution is 2.46. The zero-order chi connectivity index (χ0) is 29.2. The fraction of sp³-hybridized carbons (Fsp3) is 0.448. The number of rotatable bonds is 8. The summed E-state index contributed by atoms with van der Waals surface area (Å²) < 4.78 is 12.8. The van der Waals surface area contributed by atoms with Crippen molar-refractivity contribution in [3.8, 4) is 0 Å². The minimum atomic E-state index is -2.56. The van der Waals surface area contributed by atoms with E-state index in [4.69, 9.17) is 11.6 Å². The van der Waals surface area contributed by atoms with Crippen LogP contribution in [0.5, 0.6) is 0 Å². The third-order valence-electron chi connectivity index (χ3n) is 8.53. The zero-order valence-corrected chi connectivity index (χ0v) is 25.3. The molecule has 218 valence electrons. The summed E-state index contributed by atoms with van der Waals surface area (Å²) in [6.07, 6.45) is 8.41. The van der Waals surface area contributed by atoms with Crippen LogP contribution in [-0.2, 0) is 4.57 Å². The fourth-order valence-electron chi connectivity index (χ4n) is 6.08. The van der Waals surface area contributed by atoms with Gasteiger partial charge in [-0.2, -0.15) is 4.98 Å². The molecule has 3 N–H and O–H groups in total. The van der Waals surface area contributed by atoms with Gasteiger partial charge in [0.2, 0.25) is 5.95 Å². The molecule has 0 unspecified atom stereocenters. The quantitative estimate of drug-likeness (QED) is 0.151. The van der Waals surface area contributed by atoms with Crippen LogP contribution >= 0.6 is 18.7 Å². The molecular formula is C29H37ClN7O3P. The molecule has 2 fully saturated rings. The lowest BCUT2D eigenvalue weighted by Crippen LogP contribution is -2.44. The van der Waals surface area contributed by atoms with E-state index >= 15 is 0 Å². The van der Waals surface area contributed by atoms with Crippen molar-refractivity contribution in [3.63, 3.8) is 0 Å². The number of anilines is 5. The van der Waals surface area contributed by atoms with Crippen molar-refractivity contribution in [3.05, 3.63) is 63.8 Å². The Labute approximate surface area is 245 Å². The average molecular weight is 598 g/mol. The van der Waals surface area contributed by atoms with E-state index in [0.717, 1.165) is 25.9 Å². The topological polar surface area (TPSA) is 125 Å². The van der Waals surface area contributed by atoms with Crippen LogP contribution in [0.2, 0.25) is 5.02 Å². The highest BCUT2D eigenvalue weighted by atomic mass is 35.5. The predicted molar refractivity (Wildman–Crippen MR) is 167 cm³/mol. The minimum absolute atomic E-state index is 0.0488. The first-order valence-corrected chi connectivity index (χ1v) is 17.0. The second kappa shape index (κ2) is 12.0. The van der Waals surface area contributed by atoms with Crippen molar-refractivity contribution in [1.82, 2.24) is 15.3 Å². The number of nitro benzene ring substituents is 1. The first-order valence-electron chi connectivity index (χ1n) is 14.0. The Morgan fingerprint density at radius 3 is 2.44 bits per heavy atom. The third-order valence-corrected chi connectivity index (χ3v) is 10.4. The summed E-state index contributed by atoms with van der Waals surface area (Å²) in [6, 6.07) is 13.1. The van der Waals surface area contributed by atoms with E-state index in [-0.39, 0.29) is 21.6 Å². The van der Waals surface area contributed by atoms with Gasteiger partial charge in [-0.3, -0.25) is 10.1 Å².